The Morgan fingerprint density at radius 1 is 1.17 bits per heavy atom. The van der Waals surface area contributed by atoms with E-state index in [9.17, 15) is 4.79 Å². The van der Waals surface area contributed by atoms with Crippen molar-refractivity contribution in [2.75, 3.05) is 0 Å². The molecule has 0 radical (unpaired) electrons. The number of nitrogens with one attached hydrogen (secondary N) is 1. The van der Waals surface area contributed by atoms with Gasteiger partial charge in [0, 0.05) is 18.7 Å². The average molecular weight is 309 g/mol. The van der Waals surface area contributed by atoms with Gasteiger partial charge in [-0.25, -0.2) is 9.67 Å². The molecule has 118 valence electrons. The number of nitrogens with zero attached hydrogens (tertiary/aromatic N) is 4. The summed E-state index contributed by atoms with van der Waals surface area (Å²) in [6.07, 6.45) is 7.63. The third-order valence-electron chi connectivity index (χ3n) is 3.55. The Bertz CT molecular complexity index is 822. The molecular formula is C17H19N5O. The average Bonchev–Trinajstić information content (AvgIpc) is 3.00. The van der Waals surface area contributed by atoms with Gasteiger partial charge in [0.05, 0.1) is 17.6 Å². The van der Waals surface area contributed by atoms with E-state index in [2.05, 4.69) is 27.0 Å². The first-order chi connectivity index (χ1) is 11.3. The summed E-state index contributed by atoms with van der Waals surface area (Å²) < 4.78 is 1.74. The second kappa shape index (κ2) is 7.00. The maximum absolute atomic E-state index is 11.6. The van der Waals surface area contributed by atoms with Crippen LogP contribution in [-0.4, -0.2) is 24.7 Å². The van der Waals surface area contributed by atoms with Crippen LogP contribution < -0.4 is 5.56 Å². The number of rotatable bonds is 6. The van der Waals surface area contributed by atoms with E-state index in [-0.39, 0.29) is 5.56 Å². The van der Waals surface area contributed by atoms with Crippen LogP contribution in [0.5, 0.6) is 0 Å². The van der Waals surface area contributed by atoms with E-state index in [0.717, 1.165) is 37.2 Å². The standard InChI is InChI=1S/C17H19N5O/c1-2-3-4-9-15-20-17(14-8-5-10-16(23)19-14)22(21-15)13-7-6-11-18-12-13/h5-8,10-12H,2-4,9H2,1H3,(H,19,23). The largest absolute Gasteiger partial charge is 0.319 e. The van der Waals surface area contributed by atoms with Crippen LogP contribution in [0.25, 0.3) is 17.2 Å². The Morgan fingerprint density at radius 2 is 2.09 bits per heavy atom. The summed E-state index contributed by atoms with van der Waals surface area (Å²) in [6.45, 7) is 2.17. The maximum Gasteiger partial charge on any atom is 0.248 e. The Morgan fingerprint density at radius 3 is 2.83 bits per heavy atom. The minimum absolute atomic E-state index is 0.157. The van der Waals surface area contributed by atoms with Crippen molar-refractivity contribution in [1.82, 2.24) is 24.7 Å². The number of aryl methyl sites for hydroxylation is 1. The van der Waals surface area contributed by atoms with Crippen molar-refractivity contribution in [3.8, 4) is 17.2 Å². The zero-order valence-corrected chi connectivity index (χ0v) is 13.1. The molecule has 3 aromatic heterocycles. The number of H-pyrrole nitrogens is 1. The highest BCUT2D eigenvalue weighted by Crippen LogP contribution is 2.18. The van der Waals surface area contributed by atoms with E-state index in [4.69, 9.17) is 0 Å². The van der Waals surface area contributed by atoms with Crippen LogP contribution >= 0.6 is 0 Å². The third-order valence-corrected chi connectivity index (χ3v) is 3.55. The van der Waals surface area contributed by atoms with E-state index >= 15 is 0 Å². The van der Waals surface area contributed by atoms with Crippen LogP contribution in [0.15, 0.2) is 47.5 Å². The predicted octanol–water partition coefficient (Wildman–Crippen LogP) is 2.75. The Balaban J connectivity index is 2.03. The fourth-order valence-electron chi connectivity index (χ4n) is 2.41. The van der Waals surface area contributed by atoms with Gasteiger partial charge in [-0.2, -0.15) is 5.10 Å². The Kier molecular flexibility index (Phi) is 4.61. The summed E-state index contributed by atoms with van der Waals surface area (Å²) in [5, 5.41) is 4.60. The monoisotopic (exact) mass is 309 g/mol. The fraction of sp³-hybridized carbons (Fsp3) is 0.294. The highest BCUT2D eigenvalue weighted by Gasteiger charge is 2.14. The molecule has 1 N–H and O–H groups in total. The van der Waals surface area contributed by atoms with Crippen molar-refractivity contribution < 1.29 is 0 Å². The molecule has 0 spiro atoms. The molecule has 0 bridgehead atoms. The highest BCUT2D eigenvalue weighted by atomic mass is 16.1. The summed E-state index contributed by atoms with van der Waals surface area (Å²) >= 11 is 0. The number of hydrogen-bond donors (Lipinski definition) is 1. The summed E-state index contributed by atoms with van der Waals surface area (Å²) in [5.41, 5.74) is 1.31. The Hall–Kier alpha value is -2.76. The van der Waals surface area contributed by atoms with Crippen LogP contribution in [0.3, 0.4) is 0 Å². The molecule has 3 aromatic rings. The summed E-state index contributed by atoms with van der Waals surface area (Å²) in [7, 11) is 0. The summed E-state index contributed by atoms with van der Waals surface area (Å²) in [6, 6.07) is 8.80. The van der Waals surface area contributed by atoms with Crippen LogP contribution in [0.4, 0.5) is 0 Å². The van der Waals surface area contributed by atoms with Crippen molar-refractivity contribution in [3.63, 3.8) is 0 Å². The van der Waals surface area contributed by atoms with Crippen LogP contribution in [0.2, 0.25) is 0 Å². The van der Waals surface area contributed by atoms with E-state index < -0.39 is 0 Å². The first-order valence-electron chi connectivity index (χ1n) is 7.84. The van der Waals surface area contributed by atoms with Crippen molar-refractivity contribution in [3.05, 3.63) is 58.9 Å². The van der Waals surface area contributed by atoms with Crippen molar-refractivity contribution >= 4 is 0 Å². The fourth-order valence-corrected chi connectivity index (χ4v) is 2.41. The molecule has 3 rings (SSSR count). The zero-order chi connectivity index (χ0) is 16.1. The van der Waals surface area contributed by atoms with Crippen molar-refractivity contribution in [2.24, 2.45) is 0 Å². The van der Waals surface area contributed by atoms with E-state index in [1.54, 1.807) is 23.1 Å². The van der Waals surface area contributed by atoms with Crippen molar-refractivity contribution in [2.45, 2.75) is 32.6 Å². The first-order valence-corrected chi connectivity index (χ1v) is 7.84. The van der Waals surface area contributed by atoms with Crippen LogP contribution in [0.1, 0.15) is 32.0 Å². The predicted molar refractivity (Wildman–Crippen MR) is 88.4 cm³/mol. The second-order valence-electron chi connectivity index (χ2n) is 5.36. The van der Waals surface area contributed by atoms with Crippen LogP contribution in [-0.2, 0) is 6.42 Å². The topological polar surface area (TPSA) is 76.5 Å². The molecule has 6 nitrogen and oxygen atoms in total. The van der Waals surface area contributed by atoms with Gasteiger partial charge in [-0.15, -0.1) is 0 Å². The van der Waals surface area contributed by atoms with Crippen molar-refractivity contribution in [1.29, 1.82) is 0 Å². The van der Waals surface area contributed by atoms with E-state index in [1.165, 1.54) is 6.07 Å². The van der Waals surface area contributed by atoms with Gasteiger partial charge in [-0.1, -0.05) is 25.8 Å². The van der Waals surface area contributed by atoms with E-state index in [1.807, 2.05) is 18.2 Å². The molecule has 0 aliphatic rings. The lowest BCUT2D eigenvalue weighted by molar-refractivity contribution is 0.689. The summed E-state index contributed by atoms with van der Waals surface area (Å²) in [5.74, 6) is 1.41. The number of hydrogen-bond acceptors (Lipinski definition) is 4. The number of pyridine rings is 2. The third kappa shape index (κ3) is 3.53. The molecule has 0 amide bonds. The Labute approximate surface area is 134 Å². The second-order valence-corrected chi connectivity index (χ2v) is 5.36. The lowest BCUT2D eigenvalue weighted by Crippen LogP contribution is -2.07. The molecule has 0 atom stereocenters. The maximum atomic E-state index is 11.6. The number of aromatic amines is 1. The van der Waals surface area contributed by atoms with Crippen LogP contribution in [0, 0.1) is 0 Å². The molecule has 0 saturated heterocycles. The smallest absolute Gasteiger partial charge is 0.248 e. The van der Waals surface area contributed by atoms with Gasteiger partial charge in [0.25, 0.3) is 0 Å². The van der Waals surface area contributed by atoms with Gasteiger partial charge in [-0.3, -0.25) is 9.78 Å². The first kappa shape index (κ1) is 15.1. The lowest BCUT2D eigenvalue weighted by Gasteiger charge is -2.04. The molecule has 0 unspecified atom stereocenters. The number of aromatic nitrogens is 5. The molecule has 23 heavy (non-hydrogen) atoms. The molecule has 0 fully saturated rings. The SMILES string of the molecule is CCCCCc1nc(-c2cccc(=O)[nH]2)n(-c2cccnc2)n1. The van der Waals surface area contributed by atoms with Gasteiger partial charge in [0.15, 0.2) is 11.6 Å². The molecule has 0 saturated carbocycles. The number of unbranched alkanes of at least 4 members (excludes halogenated alkanes) is 2. The minimum atomic E-state index is -0.157. The molecule has 0 aliphatic carbocycles. The van der Waals surface area contributed by atoms with Gasteiger partial charge < -0.3 is 4.98 Å². The van der Waals surface area contributed by atoms with Gasteiger partial charge in [-0.05, 0) is 24.6 Å². The molecule has 0 aromatic carbocycles. The van der Waals surface area contributed by atoms with E-state index in [0.29, 0.717) is 11.5 Å². The highest BCUT2D eigenvalue weighted by molar-refractivity contribution is 5.52. The quantitative estimate of drug-likeness (QED) is 0.710. The van der Waals surface area contributed by atoms with Gasteiger partial charge in [0.1, 0.15) is 0 Å². The summed E-state index contributed by atoms with van der Waals surface area (Å²) in [4.78, 5) is 23.2. The zero-order valence-electron chi connectivity index (χ0n) is 13.1. The van der Waals surface area contributed by atoms with Gasteiger partial charge >= 0.3 is 0 Å². The molecular weight excluding hydrogens is 290 g/mol. The minimum Gasteiger partial charge on any atom is -0.319 e. The lowest BCUT2D eigenvalue weighted by atomic mass is 10.2. The normalized spacial score (nSPS) is 10.8. The molecule has 3 heterocycles. The van der Waals surface area contributed by atoms with Gasteiger partial charge in [0.2, 0.25) is 5.56 Å². The molecule has 0 aliphatic heterocycles. The molecule has 6 heteroatoms.